The van der Waals surface area contributed by atoms with E-state index in [1.165, 1.54) is 11.3 Å². The normalized spacial score (nSPS) is 16.1. The fourth-order valence-corrected chi connectivity index (χ4v) is 2.93. The highest BCUT2D eigenvalue weighted by Gasteiger charge is 2.18. The number of nitrogens with zero attached hydrogens (tertiary/aromatic N) is 3. The first-order valence-electron chi connectivity index (χ1n) is 5.63. The minimum Gasteiger partial charge on any atom is -0.378 e. The fraction of sp³-hybridized carbons (Fsp3) is 0.364. The van der Waals surface area contributed by atoms with Gasteiger partial charge in [-0.2, -0.15) is 4.98 Å². The first kappa shape index (κ1) is 11.4. The van der Waals surface area contributed by atoms with Crippen molar-refractivity contribution in [2.24, 2.45) is 0 Å². The number of nitrogen functional groups attached to an aromatic ring is 1. The average Bonchev–Trinajstić information content (AvgIpc) is 2.81. The van der Waals surface area contributed by atoms with Gasteiger partial charge in [0.2, 0.25) is 5.95 Å². The molecular formula is C11H12N4O2S. The van der Waals surface area contributed by atoms with Crippen LogP contribution in [0.15, 0.2) is 6.07 Å². The summed E-state index contributed by atoms with van der Waals surface area (Å²) in [6, 6.07) is 1.75. The van der Waals surface area contributed by atoms with Crippen molar-refractivity contribution in [3.05, 3.63) is 10.9 Å². The van der Waals surface area contributed by atoms with Crippen molar-refractivity contribution < 1.29 is 9.53 Å². The molecule has 1 aliphatic heterocycles. The summed E-state index contributed by atoms with van der Waals surface area (Å²) in [5, 5.41) is 0. The molecule has 1 aliphatic rings. The van der Waals surface area contributed by atoms with E-state index in [1.54, 1.807) is 6.07 Å². The van der Waals surface area contributed by atoms with Crippen LogP contribution in [0.5, 0.6) is 0 Å². The number of morpholine rings is 1. The number of nitrogens with two attached hydrogens (primary N) is 1. The number of carbonyl (C=O) groups excluding carboxylic acids is 1. The molecule has 0 aromatic carbocycles. The van der Waals surface area contributed by atoms with Gasteiger partial charge in [-0.25, -0.2) is 4.98 Å². The molecule has 0 saturated carbocycles. The summed E-state index contributed by atoms with van der Waals surface area (Å²) >= 11 is 1.40. The van der Waals surface area contributed by atoms with E-state index >= 15 is 0 Å². The zero-order chi connectivity index (χ0) is 12.5. The first-order valence-corrected chi connectivity index (χ1v) is 6.44. The van der Waals surface area contributed by atoms with E-state index < -0.39 is 0 Å². The van der Waals surface area contributed by atoms with Crippen molar-refractivity contribution in [3.63, 3.8) is 0 Å². The van der Waals surface area contributed by atoms with Gasteiger partial charge in [-0.05, 0) is 6.07 Å². The summed E-state index contributed by atoms with van der Waals surface area (Å²) in [5.74, 6) is 1.04. The zero-order valence-electron chi connectivity index (χ0n) is 9.63. The van der Waals surface area contributed by atoms with Crippen molar-refractivity contribution in [1.82, 2.24) is 9.97 Å². The minimum absolute atomic E-state index is 0.235. The average molecular weight is 264 g/mol. The largest absolute Gasteiger partial charge is 0.378 e. The fourth-order valence-electron chi connectivity index (χ4n) is 2.00. The summed E-state index contributed by atoms with van der Waals surface area (Å²) in [6.07, 6.45) is 0.825. The highest BCUT2D eigenvalue weighted by molar-refractivity contribution is 7.21. The number of thiophene rings is 1. The van der Waals surface area contributed by atoms with Gasteiger partial charge in [-0.15, -0.1) is 11.3 Å². The smallest absolute Gasteiger partial charge is 0.222 e. The number of rotatable bonds is 2. The molecule has 2 N–H and O–H groups in total. The number of hydrogen-bond acceptors (Lipinski definition) is 7. The van der Waals surface area contributed by atoms with Crippen LogP contribution in [0.4, 0.5) is 11.8 Å². The topological polar surface area (TPSA) is 81.3 Å². The van der Waals surface area contributed by atoms with Gasteiger partial charge in [0.05, 0.1) is 28.3 Å². The summed E-state index contributed by atoms with van der Waals surface area (Å²) in [7, 11) is 0. The summed E-state index contributed by atoms with van der Waals surface area (Å²) in [5.41, 5.74) is 6.45. The molecule has 2 aromatic heterocycles. The van der Waals surface area contributed by atoms with Crippen LogP contribution in [0.2, 0.25) is 0 Å². The van der Waals surface area contributed by atoms with Crippen molar-refractivity contribution in [1.29, 1.82) is 0 Å². The lowest BCUT2D eigenvalue weighted by molar-refractivity contribution is 0.112. The Morgan fingerprint density at radius 3 is 2.89 bits per heavy atom. The van der Waals surface area contributed by atoms with Crippen LogP contribution in [-0.4, -0.2) is 42.6 Å². The Bertz CT molecular complexity index is 592. The third-order valence-corrected chi connectivity index (χ3v) is 3.86. The molecule has 94 valence electrons. The van der Waals surface area contributed by atoms with Crippen molar-refractivity contribution in [2.75, 3.05) is 36.9 Å². The Morgan fingerprint density at radius 1 is 1.39 bits per heavy atom. The number of ether oxygens (including phenoxy) is 1. The second-order valence-electron chi connectivity index (χ2n) is 3.99. The molecule has 0 atom stereocenters. The Hall–Kier alpha value is -1.73. The van der Waals surface area contributed by atoms with E-state index in [9.17, 15) is 4.79 Å². The van der Waals surface area contributed by atoms with Crippen LogP contribution in [0.1, 0.15) is 9.67 Å². The molecule has 3 heterocycles. The van der Waals surface area contributed by atoms with Gasteiger partial charge in [0.1, 0.15) is 0 Å². The number of aldehydes is 1. The summed E-state index contributed by atoms with van der Waals surface area (Å²) in [4.78, 5) is 22.1. The lowest BCUT2D eigenvalue weighted by Gasteiger charge is -2.28. The van der Waals surface area contributed by atoms with Crippen molar-refractivity contribution >= 4 is 39.6 Å². The standard InChI is InChI=1S/C11H12N4O2S/c12-11-13-8-5-7(6-16)18-9(8)10(14-11)15-1-3-17-4-2-15/h5-6H,1-4H2,(H2,12,13,14). The molecule has 0 radical (unpaired) electrons. The van der Waals surface area contributed by atoms with Crippen LogP contribution in [0, 0.1) is 0 Å². The SMILES string of the molecule is Nc1nc(N2CCOCC2)c2sc(C=O)cc2n1. The maximum Gasteiger partial charge on any atom is 0.222 e. The maximum atomic E-state index is 10.8. The molecule has 3 rings (SSSR count). The third-order valence-electron chi connectivity index (χ3n) is 2.82. The molecule has 18 heavy (non-hydrogen) atoms. The van der Waals surface area contributed by atoms with E-state index in [1.807, 2.05) is 0 Å². The number of carbonyl (C=O) groups is 1. The van der Waals surface area contributed by atoms with Gasteiger partial charge in [0.25, 0.3) is 0 Å². The lowest BCUT2D eigenvalue weighted by Crippen LogP contribution is -2.36. The molecule has 1 fully saturated rings. The number of aromatic nitrogens is 2. The summed E-state index contributed by atoms with van der Waals surface area (Å²) < 4.78 is 6.23. The van der Waals surface area contributed by atoms with Crippen LogP contribution in [-0.2, 0) is 4.74 Å². The number of anilines is 2. The molecule has 6 nitrogen and oxygen atoms in total. The predicted molar refractivity (Wildman–Crippen MR) is 70.2 cm³/mol. The van der Waals surface area contributed by atoms with Gasteiger partial charge in [-0.1, -0.05) is 0 Å². The van der Waals surface area contributed by atoms with E-state index in [-0.39, 0.29) is 5.95 Å². The highest BCUT2D eigenvalue weighted by atomic mass is 32.1. The molecule has 7 heteroatoms. The predicted octanol–water partition coefficient (Wildman–Crippen LogP) is 0.923. The quantitative estimate of drug-likeness (QED) is 0.812. The van der Waals surface area contributed by atoms with Crippen LogP contribution < -0.4 is 10.6 Å². The molecular weight excluding hydrogens is 252 g/mol. The van der Waals surface area contributed by atoms with E-state index in [2.05, 4.69) is 14.9 Å². The molecule has 2 aromatic rings. The van der Waals surface area contributed by atoms with Crippen molar-refractivity contribution in [3.8, 4) is 0 Å². The third kappa shape index (κ3) is 1.91. The van der Waals surface area contributed by atoms with Crippen LogP contribution >= 0.6 is 11.3 Å². The van der Waals surface area contributed by atoms with Gasteiger partial charge >= 0.3 is 0 Å². The maximum absolute atomic E-state index is 10.8. The molecule has 0 spiro atoms. The first-order chi connectivity index (χ1) is 8.78. The lowest BCUT2D eigenvalue weighted by atomic mass is 10.3. The van der Waals surface area contributed by atoms with E-state index in [0.717, 1.165) is 35.4 Å². The van der Waals surface area contributed by atoms with Gasteiger partial charge in [0.15, 0.2) is 12.1 Å². The van der Waals surface area contributed by atoms with Gasteiger partial charge in [0, 0.05) is 13.1 Å². The monoisotopic (exact) mass is 264 g/mol. The Labute approximate surface area is 107 Å². The molecule has 0 unspecified atom stereocenters. The summed E-state index contributed by atoms with van der Waals surface area (Å²) in [6.45, 7) is 2.91. The molecule has 1 saturated heterocycles. The second kappa shape index (κ2) is 4.51. The van der Waals surface area contributed by atoms with Crippen LogP contribution in [0.3, 0.4) is 0 Å². The van der Waals surface area contributed by atoms with Gasteiger partial charge in [-0.3, -0.25) is 4.79 Å². The van der Waals surface area contributed by atoms with E-state index in [0.29, 0.717) is 18.1 Å². The molecule has 0 bridgehead atoms. The Balaban J connectivity index is 2.13. The number of fused-ring (bicyclic) bond motifs is 1. The molecule has 0 aliphatic carbocycles. The van der Waals surface area contributed by atoms with Crippen LogP contribution in [0.25, 0.3) is 10.2 Å². The second-order valence-corrected chi connectivity index (χ2v) is 5.07. The minimum atomic E-state index is 0.235. The van der Waals surface area contributed by atoms with Gasteiger partial charge < -0.3 is 15.4 Å². The highest BCUT2D eigenvalue weighted by Crippen LogP contribution is 2.32. The molecule has 0 amide bonds. The Morgan fingerprint density at radius 2 is 2.17 bits per heavy atom. The Kier molecular flexibility index (Phi) is 2.85. The number of hydrogen-bond donors (Lipinski definition) is 1. The van der Waals surface area contributed by atoms with Crippen molar-refractivity contribution in [2.45, 2.75) is 0 Å². The zero-order valence-corrected chi connectivity index (χ0v) is 10.4. The van der Waals surface area contributed by atoms with E-state index in [4.69, 9.17) is 10.5 Å².